The van der Waals surface area contributed by atoms with Gasteiger partial charge in [0.2, 0.25) is 0 Å². The Morgan fingerprint density at radius 2 is 2.36 bits per heavy atom. The van der Waals surface area contributed by atoms with E-state index in [4.69, 9.17) is 5.21 Å². The van der Waals surface area contributed by atoms with Crippen LogP contribution >= 0.6 is 11.3 Å². The minimum absolute atomic E-state index is 0.364. The normalized spacial score (nSPS) is 10.4. The molecule has 14 heavy (non-hydrogen) atoms. The van der Waals surface area contributed by atoms with Crippen LogP contribution in [0, 0.1) is 0 Å². The molecule has 4 nitrogen and oxygen atoms in total. The third-order valence-corrected chi connectivity index (χ3v) is 2.61. The summed E-state index contributed by atoms with van der Waals surface area (Å²) in [6.07, 6.45) is 1.74. The van der Waals surface area contributed by atoms with Crippen LogP contribution in [0.1, 0.15) is 5.69 Å². The van der Waals surface area contributed by atoms with E-state index in [0.29, 0.717) is 6.54 Å². The molecule has 2 N–H and O–H groups in total. The van der Waals surface area contributed by atoms with Gasteiger partial charge in [-0.3, -0.25) is 4.98 Å². The monoisotopic (exact) mass is 207 g/mol. The first-order chi connectivity index (χ1) is 6.90. The molecule has 0 saturated heterocycles. The summed E-state index contributed by atoms with van der Waals surface area (Å²) in [6.45, 7) is 0.364. The maximum atomic E-state index is 8.50. The molecule has 5 heteroatoms. The fraction of sp³-hybridized carbons (Fsp3) is 0.111. The van der Waals surface area contributed by atoms with Gasteiger partial charge in [-0.25, -0.2) is 4.98 Å². The lowest BCUT2D eigenvalue weighted by Crippen LogP contribution is -2.05. The zero-order valence-corrected chi connectivity index (χ0v) is 8.16. The molecule has 0 saturated carbocycles. The van der Waals surface area contributed by atoms with E-state index in [2.05, 4.69) is 15.4 Å². The molecule has 2 aromatic heterocycles. The molecule has 0 fully saturated rings. The van der Waals surface area contributed by atoms with E-state index >= 15 is 0 Å². The van der Waals surface area contributed by atoms with Crippen molar-refractivity contribution < 1.29 is 5.21 Å². The minimum atomic E-state index is 0.364. The van der Waals surface area contributed by atoms with Crippen LogP contribution in [-0.2, 0) is 6.54 Å². The second kappa shape index (κ2) is 4.28. The molecule has 0 spiro atoms. The zero-order valence-electron chi connectivity index (χ0n) is 7.34. The zero-order chi connectivity index (χ0) is 9.80. The van der Waals surface area contributed by atoms with Crippen LogP contribution in [0.4, 0.5) is 0 Å². The van der Waals surface area contributed by atoms with Crippen molar-refractivity contribution in [3.63, 3.8) is 0 Å². The molecule has 0 bridgehead atoms. The van der Waals surface area contributed by atoms with Crippen LogP contribution in [0.5, 0.6) is 0 Å². The Kier molecular flexibility index (Phi) is 2.83. The molecule has 0 aliphatic carbocycles. The molecule has 0 radical (unpaired) electrons. The minimum Gasteiger partial charge on any atom is -0.316 e. The van der Waals surface area contributed by atoms with Crippen LogP contribution in [0.25, 0.3) is 10.7 Å². The van der Waals surface area contributed by atoms with Crippen LogP contribution in [0.3, 0.4) is 0 Å². The van der Waals surface area contributed by atoms with Gasteiger partial charge in [0.05, 0.1) is 17.9 Å². The Morgan fingerprint density at radius 3 is 3.07 bits per heavy atom. The van der Waals surface area contributed by atoms with Crippen LogP contribution < -0.4 is 5.48 Å². The van der Waals surface area contributed by atoms with Crippen molar-refractivity contribution >= 4 is 11.3 Å². The van der Waals surface area contributed by atoms with Gasteiger partial charge in [-0.15, -0.1) is 11.3 Å². The van der Waals surface area contributed by atoms with Gasteiger partial charge in [0.15, 0.2) is 0 Å². The molecular formula is C9H9N3OS. The van der Waals surface area contributed by atoms with Gasteiger partial charge in [0.25, 0.3) is 0 Å². The van der Waals surface area contributed by atoms with Gasteiger partial charge in [-0.2, -0.15) is 5.48 Å². The highest BCUT2D eigenvalue weighted by molar-refractivity contribution is 7.13. The van der Waals surface area contributed by atoms with Crippen molar-refractivity contribution in [2.75, 3.05) is 0 Å². The molecular weight excluding hydrogens is 198 g/mol. The van der Waals surface area contributed by atoms with Gasteiger partial charge in [-0.1, -0.05) is 6.07 Å². The van der Waals surface area contributed by atoms with Gasteiger partial charge >= 0.3 is 0 Å². The first-order valence-electron chi connectivity index (χ1n) is 4.13. The van der Waals surface area contributed by atoms with Crippen LogP contribution in [0.2, 0.25) is 0 Å². The average Bonchev–Trinajstić information content (AvgIpc) is 2.68. The average molecular weight is 207 g/mol. The lowest BCUT2D eigenvalue weighted by Gasteiger charge is -1.93. The molecule has 0 atom stereocenters. The predicted molar refractivity (Wildman–Crippen MR) is 54.0 cm³/mol. The molecule has 2 aromatic rings. The van der Waals surface area contributed by atoms with Gasteiger partial charge in [0, 0.05) is 11.6 Å². The number of hydrogen-bond donors (Lipinski definition) is 2. The van der Waals surface area contributed by atoms with Crippen LogP contribution in [-0.4, -0.2) is 15.2 Å². The second-order valence-electron chi connectivity index (χ2n) is 2.69. The number of nitrogens with one attached hydrogen (secondary N) is 1. The summed E-state index contributed by atoms with van der Waals surface area (Å²) in [5.41, 5.74) is 3.75. The largest absolute Gasteiger partial charge is 0.316 e. The highest BCUT2D eigenvalue weighted by atomic mass is 32.1. The Morgan fingerprint density at radius 1 is 1.43 bits per heavy atom. The number of pyridine rings is 1. The molecule has 0 amide bonds. The smallest absolute Gasteiger partial charge is 0.142 e. The number of aromatic nitrogens is 2. The summed E-state index contributed by atoms with van der Waals surface area (Å²) in [4.78, 5) is 8.49. The Bertz CT molecular complexity index is 401. The topological polar surface area (TPSA) is 58.0 Å². The third-order valence-electron chi connectivity index (χ3n) is 1.70. The maximum absolute atomic E-state index is 8.50. The standard InChI is InChI=1S/C9H9N3OS/c13-11-5-7-6-14-9(12-7)8-3-1-2-4-10-8/h1-4,6,11,13H,5H2. The Balaban J connectivity index is 2.25. The van der Waals surface area contributed by atoms with Crippen molar-refractivity contribution in [1.82, 2.24) is 15.4 Å². The van der Waals surface area contributed by atoms with E-state index in [-0.39, 0.29) is 0 Å². The van der Waals surface area contributed by atoms with E-state index in [0.717, 1.165) is 16.4 Å². The maximum Gasteiger partial charge on any atom is 0.142 e. The van der Waals surface area contributed by atoms with Crippen molar-refractivity contribution in [3.8, 4) is 10.7 Å². The molecule has 72 valence electrons. The van der Waals surface area contributed by atoms with E-state index in [1.807, 2.05) is 23.6 Å². The molecule has 2 rings (SSSR count). The number of hydroxylamine groups is 1. The Labute approximate surface area is 85.2 Å². The highest BCUT2D eigenvalue weighted by Crippen LogP contribution is 2.20. The summed E-state index contributed by atoms with van der Waals surface area (Å²) < 4.78 is 0. The third kappa shape index (κ3) is 1.95. The fourth-order valence-corrected chi connectivity index (χ4v) is 1.87. The first-order valence-corrected chi connectivity index (χ1v) is 5.01. The lowest BCUT2D eigenvalue weighted by molar-refractivity contribution is 0.160. The quantitative estimate of drug-likeness (QED) is 0.752. The first kappa shape index (κ1) is 9.26. The number of hydrogen-bond acceptors (Lipinski definition) is 5. The summed E-state index contributed by atoms with van der Waals surface area (Å²) in [6, 6.07) is 5.70. The SMILES string of the molecule is ONCc1csc(-c2ccccn2)n1. The second-order valence-corrected chi connectivity index (χ2v) is 3.55. The van der Waals surface area contributed by atoms with Gasteiger partial charge in [-0.05, 0) is 12.1 Å². The summed E-state index contributed by atoms with van der Waals surface area (Å²) >= 11 is 1.52. The van der Waals surface area contributed by atoms with Crippen molar-refractivity contribution in [3.05, 3.63) is 35.5 Å². The van der Waals surface area contributed by atoms with Crippen molar-refractivity contribution in [2.45, 2.75) is 6.54 Å². The molecule has 0 aliphatic rings. The molecule has 0 aromatic carbocycles. The summed E-state index contributed by atoms with van der Waals surface area (Å²) in [7, 11) is 0. The van der Waals surface area contributed by atoms with Gasteiger partial charge < -0.3 is 5.21 Å². The lowest BCUT2D eigenvalue weighted by atomic mass is 10.4. The molecule has 0 unspecified atom stereocenters. The number of thiazole rings is 1. The fourth-order valence-electron chi connectivity index (χ4n) is 1.08. The van der Waals surface area contributed by atoms with E-state index < -0.39 is 0 Å². The van der Waals surface area contributed by atoms with Gasteiger partial charge in [0.1, 0.15) is 5.01 Å². The number of nitrogens with zero attached hydrogens (tertiary/aromatic N) is 2. The summed E-state index contributed by atoms with van der Waals surface area (Å²) in [5.74, 6) is 0. The Hall–Kier alpha value is -1.30. The van der Waals surface area contributed by atoms with E-state index in [9.17, 15) is 0 Å². The van der Waals surface area contributed by atoms with Crippen molar-refractivity contribution in [2.24, 2.45) is 0 Å². The molecule has 2 heterocycles. The highest BCUT2D eigenvalue weighted by Gasteiger charge is 2.04. The van der Waals surface area contributed by atoms with Crippen LogP contribution in [0.15, 0.2) is 29.8 Å². The predicted octanol–water partition coefficient (Wildman–Crippen LogP) is 1.68. The molecule has 0 aliphatic heterocycles. The summed E-state index contributed by atoms with van der Waals surface area (Å²) in [5, 5.41) is 11.3. The number of rotatable bonds is 3. The van der Waals surface area contributed by atoms with E-state index in [1.165, 1.54) is 11.3 Å². The van der Waals surface area contributed by atoms with Crippen molar-refractivity contribution in [1.29, 1.82) is 0 Å². The van der Waals surface area contributed by atoms with E-state index in [1.54, 1.807) is 6.20 Å².